The normalized spacial score (nSPS) is 17.1. The predicted octanol–water partition coefficient (Wildman–Crippen LogP) is 4.54. The molecule has 4 nitrogen and oxygen atoms in total. The van der Waals surface area contributed by atoms with Crippen molar-refractivity contribution in [1.29, 1.82) is 0 Å². The van der Waals surface area contributed by atoms with Crippen LogP contribution in [0.1, 0.15) is 25.3 Å². The Bertz CT molecular complexity index is 893. The van der Waals surface area contributed by atoms with E-state index in [1.54, 1.807) is 0 Å². The fraction of sp³-hybridized carbons (Fsp3) is 0.318. The standard InChI is InChI=1S/C22H24ClN3O/c1-22(27)11-13-25(14-12-22)15-18-16-26(20-5-3-2-4-6-20)24-21(18)17-7-9-19(23)10-8-17/h2-10,16,27H,11-15H2,1H3. The Morgan fingerprint density at radius 2 is 1.70 bits per heavy atom. The lowest BCUT2D eigenvalue weighted by Crippen LogP contribution is -2.41. The lowest BCUT2D eigenvalue weighted by atomic mass is 9.93. The summed E-state index contributed by atoms with van der Waals surface area (Å²) < 4.78 is 1.94. The maximum Gasteiger partial charge on any atom is 0.0972 e. The van der Waals surface area contributed by atoms with Gasteiger partial charge < -0.3 is 5.11 Å². The third-order valence-electron chi connectivity index (χ3n) is 5.26. The Balaban J connectivity index is 1.66. The lowest BCUT2D eigenvalue weighted by molar-refractivity contribution is -0.00726. The highest BCUT2D eigenvalue weighted by Gasteiger charge is 2.28. The van der Waals surface area contributed by atoms with Gasteiger partial charge in [-0.15, -0.1) is 0 Å². The highest BCUT2D eigenvalue weighted by atomic mass is 35.5. The molecule has 1 saturated heterocycles. The Hall–Kier alpha value is -2.14. The van der Waals surface area contributed by atoms with Gasteiger partial charge in [-0.2, -0.15) is 5.10 Å². The molecule has 2 aromatic carbocycles. The van der Waals surface area contributed by atoms with E-state index in [2.05, 4.69) is 23.2 Å². The zero-order valence-electron chi connectivity index (χ0n) is 15.5. The average Bonchev–Trinajstić information content (AvgIpc) is 3.09. The van der Waals surface area contributed by atoms with Gasteiger partial charge in [0.2, 0.25) is 0 Å². The van der Waals surface area contributed by atoms with Crippen molar-refractivity contribution in [3.63, 3.8) is 0 Å². The molecule has 0 spiro atoms. The third kappa shape index (κ3) is 4.24. The highest BCUT2D eigenvalue weighted by Crippen LogP contribution is 2.28. The first-order chi connectivity index (χ1) is 13.0. The average molecular weight is 382 g/mol. The van der Waals surface area contributed by atoms with Crippen LogP contribution in [0.5, 0.6) is 0 Å². The van der Waals surface area contributed by atoms with Crippen molar-refractivity contribution in [1.82, 2.24) is 14.7 Å². The molecule has 0 aliphatic carbocycles. The maximum atomic E-state index is 10.2. The number of aliphatic hydroxyl groups is 1. The van der Waals surface area contributed by atoms with Crippen molar-refractivity contribution in [3.05, 3.63) is 71.4 Å². The van der Waals surface area contributed by atoms with Crippen molar-refractivity contribution in [2.75, 3.05) is 13.1 Å². The summed E-state index contributed by atoms with van der Waals surface area (Å²) in [5, 5.41) is 15.8. The van der Waals surface area contributed by atoms with E-state index in [1.807, 2.05) is 54.1 Å². The number of piperidine rings is 1. The number of likely N-dealkylation sites (tertiary alicyclic amines) is 1. The van der Waals surface area contributed by atoms with Crippen molar-refractivity contribution in [3.8, 4) is 16.9 Å². The number of nitrogens with zero attached hydrogens (tertiary/aromatic N) is 3. The minimum atomic E-state index is -0.538. The van der Waals surface area contributed by atoms with Gasteiger partial charge in [0.15, 0.2) is 0 Å². The molecule has 0 unspecified atom stereocenters. The summed E-state index contributed by atoms with van der Waals surface area (Å²) in [6.45, 7) is 4.53. The second kappa shape index (κ2) is 7.47. The molecule has 0 atom stereocenters. The number of rotatable bonds is 4. The molecule has 1 N–H and O–H groups in total. The molecule has 0 bridgehead atoms. The monoisotopic (exact) mass is 381 g/mol. The van der Waals surface area contributed by atoms with Crippen molar-refractivity contribution in [2.24, 2.45) is 0 Å². The van der Waals surface area contributed by atoms with Crippen LogP contribution in [0.2, 0.25) is 5.02 Å². The van der Waals surface area contributed by atoms with Gasteiger partial charge in [-0.05, 0) is 44.0 Å². The van der Waals surface area contributed by atoms with E-state index in [4.69, 9.17) is 16.7 Å². The summed E-state index contributed by atoms with van der Waals surface area (Å²) in [5.74, 6) is 0. The number of halogens is 1. The van der Waals surface area contributed by atoms with Crippen LogP contribution in [-0.4, -0.2) is 38.5 Å². The van der Waals surface area contributed by atoms with Gasteiger partial charge in [-0.1, -0.05) is 41.9 Å². The van der Waals surface area contributed by atoms with Crippen LogP contribution < -0.4 is 0 Å². The van der Waals surface area contributed by atoms with Crippen molar-refractivity contribution < 1.29 is 5.11 Å². The summed E-state index contributed by atoms with van der Waals surface area (Å²) >= 11 is 6.06. The molecule has 3 aromatic rings. The molecule has 0 amide bonds. The third-order valence-corrected chi connectivity index (χ3v) is 5.51. The first-order valence-corrected chi connectivity index (χ1v) is 9.73. The minimum Gasteiger partial charge on any atom is -0.390 e. The Labute approximate surface area is 165 Å². The number of benzene rings is 2. The molecule has 2 heterocycles. The quantitative estimate of drug-likeness (QED) is 0.721. The fourth-order valence-corrected chi connectivity index (χ4v) is 3.65. The summed E-state index contributed by atoms with van der Waals surface area (Å²) in [6, 6.07) is 18.0. The van der Waals surface area contributed by atoms with Crippen LogP contribution in [0.4, 0.5) is 0 Å². The van der Waals surface area contributed by atoms with Gasteiger partial charge in [0.1, 0.15) is 0 Å². The van der Waals surface area contributed by atoms with E-state index in [1.165, 1.54) is 5.56 Å². The molecule has 1 aromatic heterocycles. The van der Waals surface area contributed by atoms with Gasteiger partial charge in [0.05, 0.1) is 17.0 Å². The molecule has 1 aliphatic heterocycles. The molecule has 5 heteroatoms. The van der Waals surface area contributed by atoms with Crippen LogP contribution >= 0.6 is 11.6 Å². The number of hydrogen-bond donors (Lipinski definition) is 1. The minimum absolute atomic E-state index is 0.538. The smallest absolute Gasteiger partial charge is 0.0972 e. The zero-order valence-corrected chi connectivity index (χ0v) is 16.2. The molecular formula is C22H24ClN3O. The van der Waals surface area contributed by atoms with Gasteiger partial charge in [-0.3, -0.25) is 4.90 Å². The van der Waals surface area contributed by atoms with E-state index in [0.29, 0.717) is 0 Å². The number of hydrogen-bond acceptors (Lipinski definition) is 3. The maximum absolute atomic E-state index is 10.2. The van der Waals surface area contributed by atoms with Gasteiger partial charge in [0.25, 0.3) is 0 Å². The van der Waals surface area contributed by atoms with Gasteiger partial charge in [-0.25, -0.2) is 4.68 Å². The fourth-order valence-electron chi connectivity index (χ4n) is 3.52. The molecular weight excluding hydrogens is 358 g/mol. The molecule has 27 heavy (non-hydrogen) atoms. The molecule has 0 radical (unpaired) electrons. The Morgan fingerprint density at radius 3 is 2.37 bits per heavy atom. The van der Waals surface area contributed by atoms with E-state index in [0.717, 1.165) is 54.4 Å². The summed E-state index contributed by atoms with van der Waals surface area (Å²) in [7, 11) is 0. The first-order valence-electron chi connectivity index (χ1n) is 9.35. The summed E-state index contributed by atoms with van der Waals surface area (Å²) in [6.07, 6.45) is 3.72. The van der Waals surface area contributed by atoms with Crippen molar-refractivity contribution in [2.45, 2.75) is 31.9 Å². The summed E-state index contributed by atoms with van der Waals surface area (Å²) in [5.41, 5.74) is 3.73. The predicted molar refractivity (Wildman–Crippen MR) is 109 cm³/mol. The highest BCUT2D eigenvalue weighted by molar-refractivity contribution is 6.30. The Morgan fingerprint density at radius 1 is 1.04 bits per heavy atom. The second-order valence-corrected chi connectivity index (χ2v) is 8.00. The topological polar surface area (TPSA) is 41.3 Å². The van der Waals surface area contributed by atoms with Crippen LogP contribution in [0.25, 0.3) is 16.9 Å². The summed E-state index contributed by atoms with van der Waals surface area (Å²) in [4.78, 5) is 2.39. The van der Waals surface area contributed by atoms with Crippen LogP contribution in [0.15, 0.2) is 60.8 Å². The number of aromatic nitrogens is 2. The lowest BCUT2D eigenvalue weighted by Gasteiger charge is -2.35. The molecule has 1 aliphatic rings. The van der Waals surface area contributed by atoms with Crippen LogP contribution in [-0.2, 0) is 6.54 Å². The largest absolute Gasteiger partial charge is 0.390 e. The van der Waals surface area contributed by atoms with E-state index in [9.17, 15) is 5.11 Å². The second-order valence-electron chi connectivity index (χ2n) is 7.56. The first kappa shape index (κ1) is 18.2. The van der Waals surface area contributed by atoms with Crippen molar-refractivity contribution >= 4 is 11.6 Å². The van der Waals surface area contributed by atoms with Gasteiger partial charge >= 0.3 is 0 Å². The molecule has 140 valence electrons. The molecule has 4 rings (SSSR count). The molecule has 1 fully saturated rings. The number of para-hydroxylation sites is 1. The van der Waals surface area contributed by atoms with Gasteiger partial charge in [0, 0.05) is 42.0 Å². The van der Waals surface area contributed by atoms with E-state index in [-0.39, 0.29) is 0 Å². The zero-order chi connectivity index (χ0) is 18.9. The Kier molecular flexibility index (Phi) is 5.04. The van der Waals surface area contributed by atoms with Crippen LogP contribution in [0, 0.1) is 0 Å². The molecule has 0 saturated carbocycles. The SMILES string of the molecule is CC1(O)CCN(Cc2cn(-c3ccccc3)nc2-c2ccc(Cl)cc2)CC1. The van der Waals surface area contributed by atoms with E-state index >= 15 is 0 Å². The van der Waals surface area contributed by atoms with Crippen LogP contribution in [0.3, 0.4) is 0 Å². The van der Waals surface area contributed by atoms with E-state index < -0.39 is 5.60 Å².